The van der Waals surface area contributed by atoms with Gasteiger partial charge in [-0.2, -0.15) is 0 Å². The molecule has 0 atom stereocenters. The van der Waals surface area contributed by atoms with Gasteiger partial charge in [-0.15, -0.1) is 0 Å². The Morgan fingerprint density at radius 3 is 2.12 bits per heavy atom. The third-order valence-electron chi connectivity index (χ3n) is 4.96. The molecular weight excluding hydrogens is 434 g/mol. The molecule has 1 heterocycles. The average molecular weight is 462 g/mol. The number of fused-ring (bicyclic) bond motifs is 1. The fraction of sp³-hybridized carbons (Fsp3) is 0.318. The molecule has 3 aromatic rings. The average Bonchev–Trinajstić information content (AvgIpc) is 3.12. The molecule has 0 aliphatic carbocycles. The van der Waals surface area contributed by atoms with Crippen molar-refractivity contribution in [1.82, 2.24) is 9.47 Å². The second kappa shape index (κ2) is 9.09. The number of hydrogen-bond acceptors (Lipinski definition) is 7. The summed E-state index contributed by atoms with van der Waals surface area (Å²) in [5.41, 5.74) is 0.961. The van der Waals surface area contributed by atoms with Crippen LogP contribution in [0.25, 0.3) is 10.9 Å². The van der Waals surface area contributed by atoms with Crippen molar-refractivity contribution in [2.45, 2.75) is 4.90 Å². The van der Waals surface area contributed by atoms with Crippen molar-refractivity contribution >= 4 is 32.5 Å². The number of amides is 1. The van der Waals surface area contributed by atoms with Crippen molar-refractivity contribution in [3.8, 4) is 17.2 Å². The van der Waals surface area contributed by atoms with Crippen LogP contribution in [0.1, 0.15) is 0 Å². The number of methoxy groups -OCH3 is 3. The molecule has 0 spiro atoms. The largest absolute Gasteiger partial charge is 0.493 e. The summed E-state index contributed by atoms with van der Waals surface area (Å²) in [7, 11) is 5.28. The monoisotopic (exact) mass is 461 g/mol. The van der Waals surface area contributed by atoms with Crippen LogP contribution in [0.15, 0.2) is 47.5 Å². The zero-order valence-corrected chi connectivity index (χ0v) is 19.8. The van der Waals surface area contributed by atoms with E-state index in [1.807, 2.05) is 23.9 Å². The highest BCUT2D eigenvalue weighted by Gasteiger charge is 2.33. The van der Waals surface area contributed by atoms with Crippen LogP contribution in [-0.2, 0) is 21.9 Å². The van der Waals surface area contributed by atoms with Gasteiger partial charge in [-0.1, -0.05) is 0 Å². The van der Waals surface area contributed by atoms with E-state index in [-0.39, 0.29) is 28.6 Å². The summed E-state index contributed by atoms with van der Waals surface area (Å²) in [5, 5.41) is 0.749. The first kappa shape index (κ1) is 23.4. The van der Waals surface area contributed by atoms with Gasteiger partial charge in [0.1, 0.15) is 0 Å². The Kier molecular flexibility index (Phi) is 6.65. The van der Waals surface area contributed by atoms with Crippen molar-refractivity contribution < 1.29 is 27.4 Å². The second-order valence-corrected chi connectivity index (χ2v) is 9.22. The van der Waals surface area contributed by atoms with Crippen molar-refractivity contribution in [3.63, 3.8) is 0 Å². The first-order chi connectivity index (χ1) is 15.1. The van der Waals surface area contributed by atoms with Crippen LogP contribution in [0.3, 0.4) is 0 Å². The Hall–Kier alpha value is -3.24. The Morgan fingerprint density at radius 2 is 1.59 bits per heavy atom. The molecule has 3 rings (SSSR count). The zero-order valence-electron chi connectivity index (χ0n) is 18.9. The third kappa shape index (κ3) is 4.23. The van der Waals surface area contributed by atoms with E-state index in [0.29, 0.717) is 5.75 Å². The summed E-state index contributed by atoms with van der Waals surface area (Å²) in [6, 6.07) is 9.46. The number of likely N-dealkylation sites (N-methyl/N-ethyl adjacent to an activating group) is 1. The number of carbonyl (C=O) groups excluding carboxylic acids is 1. The predicted octanol–water partition coefficient (Wildman–Crippen LogP) is 2.49. The molecule has 1 amide bonds. The number of sulfonamides is 1. The highest BCUT2D eigenvalue weighted by atomic mass is 32.2. The standard InChI is InChI=1S/C22H27N3O6S/c1-23(2)14-21(26)25(16-12-19(29-4)22(31-6)20(13-16)30-5)32(27,28)17-7-8-18-15(11-17)9-10-24(18)3/h7-13H,14H2,1-6H3. The summed E-state index contributed by atoms with van der Waals surface area (Å²) >= 11 is 0. The molecule has 0 aliphatic heterocycles. The van der Waals surface area contributed by atoms with E-state index >= 15 is 0 Å². The molecule has 0 fully saturated rings. The number of aryl methyl sites for hydroxylation is 1. The summed E-state index contributed by atoms with van der Waals surface area (Å²) in [6.07, 6.45) is 1.84. The summed E-state index contributed by atoms with van der Waals surface area (Å²) in [4.78, 5) is 14.8. The van der Waals surface area contributed by atoms with E-state index in [1.165, 1.54) is 39.5 Å². The summed E-state index contributed by atoms with van der Waals surface area (Å²) < 4.78 is 46.2. The minimum atomic E-state index is -4.25. The predicted molar refractivity (Wildman–Crippen MR) is 122 cm³/mol. The van der Waals surface area contributed by atoms with Gasteiger partial charge in [0.05, 0.1) is 38.5 Å². The Balaban J connectivity index is 2.23. The molecule has 0 saturated carbocycles. The lowest BCUT2D eigenvalue weighted by Gasteiger charge is -2.25. The molecule has 0 radical (unpaired) electrons. The minimum absolute atomic E-state index is 0.00272. The van der Waals surface area contributed by atoms with Crippen LogP contribution in [0.5, 0.6) is 17.2 Å². The Morgan fingerprint density at radius 1 is 0.969 bits per heavy atom. The fourth-order valence-corrected chi connectivity index (χ4v) is 4.90. The number of ether oxygens (including phenoxy) is 3. The van der Waals surface area contributed by atoms with Crippen molar-refractivity contribution in [2.75, 3.05) is 46.3 Å². The topological polar surface area (TPSA) is 90.3 Å². The lowest BCUT2D eigenvalue weighted by atomic mass is 10.2. The van der Waals surface area contributed by atoms with Crippen LogP contribution < -0.4 is 18.5 Å². The highest BCUT2D eigenvalue weighted by molar-refractivity contribution is 7.93. The molecule has 32 heavy (non-hydrogen) atoms. The van der Waals surface area contributed by atoms with Crippen LogP contribution >= 0.6 is 0 Å². The normalized spacial score (nSPS) is 11.6. The molecule has 0 aliphatic rings. The molecule has 1 aromatic heterocycles. The first-order valence-corrected chi connectivity index (χ1v) is 11.2. The van der Waals surface area contributed by atoms with Crippen LogP contribution in [0.2, 0.25) is 0 Å². The number of rotatable bonds is 8. The van der Waals surface area contributed by atoms with Crippen molar-refractivity contribution in [2.24, 2.45) is 7.05 Å². The second-order valence-electron chi connectivity index (χ2n) is 7.43. The smallest absolute Gasteiger partial charge is 0.270 e. The lowest BCUT2D eigenvalue weighted by molar-refractivity contribution is -0.118. The molecule has 172 valence electrons. The molecule has 0 saturated heterocycles. The molecular formula is C22H27N3O6S. The fourth-order valence-electron chi connectivity index (χ4n) is 3.46. The van der Waals surface area contributed by atoms with E-state index in [1.54, 1.807) is 31.1 Å². The third-order valence-corrected chi connectivity index (χ3v) is 6.70. The van der Waals surface area contributed by atoms with E-state index < -0.39 is 15.9 Å². The van der Waals surface area contributed by atoms with Gasteiger partial charge in [0.15, 0.2) is 11.5 Å². The maximum atomic E-state index is 13.7. The number of nitrogens with zero attached hydrogens (tertiary/aromatic N) is 3. The molecule has 0 bridgehead atoms. The van der Waals surface area contributed by atoms with Gasteiger partial charge in [0.25, 0.3) is 15.9 Å². The van der Waals surface area contributed by atoms with Crippen molar-refractivity contribution in [3.05, 3.63) is 42.6 Å². The van der Waals surface area contributed by atoms with Crippen LogP contribution in [0.4, 0.5) is 5.69 Å². The van der Waals surface area contributed by atoms with E-state index in [9.17, 15) is 13.2 Å². The molecule has 9 nitrogen and oxygen atoms in total. The molecule has 0 unspecified atom stereocenters. The van der Waals surface area contributed by atoms with E-state index in [4.69, 9.17) is 14.2 Å². The Bertz CT molecular complexity index is 1220. The van der Waals surface area contributed by atoms with Crippen molar-refractivity contribution in [1.29, 1.82) is 0 Å². The number of benzene rings is 2. The minimum Gasteiger partial charge on any atom is -0.493 e. The highest BCUT2D eigenvalue weighted by Crippen LogP contribution is 2.42. The van der Waals surface area contributed by atoms with Gasteiger partial charge in [-0.3, -0.25) is 4.79 Å². The molecule has 0 N–H and O–H groups in total. The first-order valence-electron chi connectivity index (χ1n) is 9.72. The number of anilines is 1. The van der Waals surface area contributed by atoms with Crippen LogP contribution in [-0.4, -0.2) is 65.8 Å². The SMILES string of the molecule is COc1cc(N(C(=O)CN(C)C)S(=O)(=O)c2ccc3c(ccn3C)c2)cc(OC)c1OC. The zero-order chi connectivity index (χ0) is 23.6. The van der Waals surface area contributed by atoms with Crippen LogP contribution in [0, 0.1) is 0 Å². The van der Waals surface area contributed by atoms with Gasteiger partial charge in [0.2, 0.25) is 5.75 Å². The van der Waals surface area contributed by atoms with E-state index in [2.05, 4.69) is 0 Å². The lowest BCUT2D eigenvalue weighted by Crippen LogP contribution is -2.42. The van der Waals surface area contributed by atoms with E-state index in [0.717, 1.165) is 15.2 Å². The van der Waals surface area contributed by atoms with Gasteiger partial charge < -0.3 is 23.7 Å². The number of hydrogen-bond donors (Lipinski definition) is 0. The van der Waals surface area contributed by atoms with Gasteiger partial charge in [0, 0.05) is 36.3 Å². The van der Waals surface area contributed by atoms with Gasteiger partial charge in [-0.25, -0.2) is 12.7 Å². The number of carbonyl (C=O) groups is 1. The molecule has 2 aromatic carbocycles. The summed E-state index contributed by atoms with van der Waals surface area (Å²) in [5.74, 6) is 0.135. The Labute approximate surface area is 187 Å². The number of aromatic nitrogens is 1. The van der Waals surface area contributed by atoms with Gasteiger partial charge >= 0.3 is 0 Å². The molecule has 10 heteroatoms. The summed E-state index contributed by atoms with van der Waals surface area (Å²) in [6.45, 7) is -0.122. The quantitative estimate of drug-likeness (QED) is 0.509. The van der Waals surface area contributed by atoms with Gasteiger partial charge in [-0.05, 0) is 38.4 Å². The maximum Gasteiger partial charge on any atom is 0.270 e. The maximum absolute atomic E-state index is 13.7.